The van der Waals surface area contributed by atoms with Gasteiger partial charge in [0.2, 0.25) is 0 Å². The third-order valence-corrected chi connectivity index (χ3v) is 11.7. The molecule has 0 radical (unpaired) electrons. The van der Waals surface area contributed by atoms with Crippen LogP contribution in [0.1, 0.15) is 38.8 Å². The molecule has 2 aliphatic rings. The molecule has 6 unspecified atom stereocenters. The predicted molar refractivity (Wildman–Crippen MR) is 138 cm³/mol. The summed E-state index contributed by atoms with van der Waals surface area (Å²) in [6.45, 7) is 8.70. The molecule has 7 heteroatoms. The molecule has 0 aromatic heterocycles. The SMILES string of the molecule is CC(C)C(OC(c1ccccc1)(C(C)C)C1(Br)OC1Br)(c1ccccc1)C1(Br)OC1Br. The Morgan fingerprint density at radius 1 is 0.710 bits per heavy atom. The van der Waals surface area contributed by atoms with Gasteiger partial charge in [0.1, 0.15) is 11.2 Å². The average molecular weight is 682 g/mol. The molecular weight excluding hydrogens is 656 g/mol. The molecule has 0 N–H and O–H groups in total. The Morgan fingerprint density at radius 3 is 1.23 bits per heavy atom. The van der Waals surface area contributed by atoms with Crippen molar-refractivity contribution in [3.05, 3.63) is 71.8 Å². The molecule has 0 amide bonds. The lowest BCUT2D eigenvalue weighted by molar-refractivity contribution is -0.234. The third kappa shape index (κ3) is 3.57. The third-order valence-electron chi connectivity index (χ3n) is 6.39. The summed E-state index contributed by atoms with van der Waals surface area (Å²) in [6.07, 6.45) is 0. The van der Waals surface area contributed by atoms with E-state index in [1.165, 1.54) is 0 Å². The Morgan fingerprint density at radius 2 is 1.00 bits per heavy atom. The molecule has 0 spiro atoms. The molecule has 0 saturated carbocycles. The zero-order chi connectivity index (χ0) is 22.7. The maximum absolute atomic E-state index is 7.51. The Hall–Kier alpha value is 0.240. The predicted octanol–water partition coefficient (Wildman–Crippen LogP) is 7.79. The fourth-order valence-corrected chi connectivity index (χ4v) is 8.39. The number of ether oxygens (including phenoxy) is 3. The van der Waals surface area contributed by atoms with E-state index >= 15 is 0 Å². The van der Waals surface area contributed by atoms with E-state index < -0.39 is 20.2 Å². The fraction of sp³-hybridized carbons (Fsp3) is 0.500. The van der Waals surface area contributed by atoms with Gasteiger partial charge in [-0.2, -0.15) is 0 Å². The Labute approximate surface area is 218 Å². The van der Waals surface area contributed by atoms with Crippen molar-refractivity contribution in [2.45, 2.75) is 57.9 Å². The van der Waals surface area contributed by atoms with Gasteiger partial charge in [0.05, 0.1) is 0 Å². The highest BCUT2D eigenvalue weighted by Crippen LogP contribution is 2.69. The van der Waals surface area contributed by atoms with Crippen molar-refractivity contribution in [3.63, 3.8) is 0 Å². The fourth-order valence-electron chi connectivity index (χ4n) is 4.71. The van der Waals surface area contributed by atoms with Crippen LogP contribution in [0.15, 0.2) is 60.7 Å². The molecule has 168 valence electrons. The summed E-state index contributed by atoms with van der Waals surface area (Å²) >= 11 is 15.2. The lowest BCUT2D eigenvalue weighted by atomic mass is 9.75. The first-order valence-corrected chi connectivity index (χ1v) is 13.8. The summed E-state index contributed by atoms with van der Waals surface area (Å²) in [4.78, 5) is 0. The number of hydrogen-bond acceptors (Lipinski definition) is 3. The van der Waals surface area contributed by atoms with Crippen LogP contribution in [0, 0.1) is 11.8 Å². The second kappa shape index (κ2) is 8.47. The standard InChI is InChI=1S/C24H26Br4O3/c1-15(2)21(23(27)19(25)29-23,17-11-7-5-8-12-17)31-22(16(3)4,24(28)20(26)30-24)18-13-9-6-10-14-18/h5-16,19-20H,1-4H3. The van der Waals surface area contributed by atoms with Crippen LogP contribution >= 0.6 is 63.7 Å². The summed E-state index contributed by atoms with van der Waals surface area (Å²) in [5.41, 5.74) is 0.463. The molecule has 3 nitrogen and oxygen atoms in total. The van der Waals surface area contributed by atoms with Crippen LogP contribution in [0.3, 0.4) is 0 Å². The van der Waals surface area contributed by atoms with Crippen LogP contribution in [-0.2, 0) is 25.4 Å². The van der Waals surface area contributed by atoms with Gasteiger partial charge in [0.25, 0.3) is 0 Å². The maximum atomic E-state index is 7.51. The first kappa shape index (κ1) is 24.4. The van der Waals surface area contributed by atoms with E-state index in [1.54, 1.807) is 0 Å². The van der Waals surface area contributed by atoms with Crippen molar-refractivity contribution in [1.29, 1.82) is 0 Å². The smallest absolute Gasteiger partial charge is 0.193 e. The van der Waals surface area contributed by atoms with Crippen LogP contribution in [0.5, 0.6) is 0 Å². The quantitative estimate of drug-likeness (QED) is 0.211. The molecule has 2 aliphatic heterocycles. The summed E-state index contributed by atoms with van der Waals surface area (Å²) in [6, 6.07) is 20.7. The molecule has 6 atom stereocenters. The second-order valence-electron chi connectivity index (χ2n) is 8.77. The van der Waals surface area contributed by atoms with E-state index in [-0.39, 0.29) is 21.9 Å². The zero-order valence-corrected chi connectivity index (χ0v) is 24.2. The lowest BCUT2D eigenvalue weighted by Crippen LogP contribution is -2.58. The van der Waals surface area contributed by atoms with Crippen molar-refractivity contribution in [2.75, 3.05) is 0 Å². The summed E-state index contributed by atoms with van der Waals surface area (Å²) < 4.78 is 18.3. The van der Waals surface area contributed by atoms with Crippen LogP contribution in [0.2, 0.25) is 0 Å². The van der Waals surface area contributed by atoms with E-state index in [2.05, 4.69) is 116 Å². The van der Waals surface area contributed by atoms with E-state index in [0.717, 1.165) is 11.1 Å². The van der Waals surface area contributed by atoms with Crippen molar-refractivity contribution < 1.29 is 14.2 Å². The molecule has 2 aromatic carbocycles. The monoisotopic (exact) mass is 678 g/mol. The van der Waals surface area contributed by atoms with Crippen LogP contribution < -0.4 is 0 Å². The van der Waals surface area contributed by atoms with Crippen molar-refractivity contribution in [3.8, 4) is 0 Å². The highest BCUT2D eigenvalue weighted by molar-refractivity contribution is 9.13. The lowest BCUT2D eigenvalue weighted by Gasteiger charge is -2.51. The Bertz CT molecular complexity index is 851. The minimum Gasteiger partial charge on any atom is -0.350 e. The van der Waals surface area contributed by atoms with E-state index in [9.17, 15) is 0 Å². The van der Waals surface area contributed by atoms with Gasteiger partial charge in [0.15, 0.2) is 19.0 Å². The van der Waals surface area contributed by atoms with Gasteiger partial charge in [-0.3, -0.25) is 0 Å². The molecule has 2 saturated heterocycles. The highest BCUT2D eigenvalue weighted by atomic mass is 79.9. The molecule has 2 heterocycles. The number of rotatable bonds is 8. The minimum absolute atomic E-state index is 0.0716. The highest BCUT2D eigenvalue weighted by Gasteiger charge is 2.77. The first-order chi connectivity index (χ1) is 14.6. The number of halogens is 4. The largest absolute Gasteiger partial charge is 0.350 e. The molecule has 31 heavy (non-hydrogen) atoms. The number of alkyl halides is 4. The minimum atomic E-state index is -0.817. The summed E-state index contributed by atoms with van der Waals surface area (Å²) in [5, 5.41) is -0.371. The van der Waals surface area contributed by atoms with Crippen LogP contribution in [0.4, 0.5) is 0 Å². The first-order valence-electron chi connectivity index (χ1n) is 10.4. The van der Waals surface area contributed by atoms with Gasteiger partial charge in [0, 0.05) is 0 Å². The van der Waals surface area contributed by atoms with Gasteiger partial charge >= 0.3 is 0 Å². The maximum Gasteiger partial charge on any atom is 0.193 e. The van der Waals surface area contributed by atoms with Crippen molar-refractivity contribution in [2.24, 2.45) is 11.8 Å². The van der Waals surface area contributed by atoms with Gasteiger partial charge in [-0.05, 0) is 54.8 Å². The summed E-state index contributed by atoms with van der Waals surface area (Å²) in [7, 11) is 0. The zero-order valence-electron chi connectivity index (χ0n) is 17.8. The topological polar surface area (TPSA) is 34.3 Å². The molecule has 0 bridgehead atoms. The number of hydrogen-bond donors (Lipinski definition) is 0. The van der Waals surface area contributed by atoms with Gasteiger partial charge in [-0.15, -0.1) is 0 Å². The Kier molecular flexibility index (Phi) is 6.66. The normalized spacial score (nSPS) is 33.7. The summed E-state index contributed by atoms with van der Waals surface area (Å²) in [5.74, 6) is 0.143. The van der Waals surface area contributed by atoms with Crippen LogP contribution in [0.25, 0.3) is 0 Å². The van der Waals surface area contributed by atoms with Gasteiger partial charge in [-0.1, -0.05) is 120 Å². The van der Waals surface area contributed by atoms with Gasteiger partial charge in [-0.25, -0.2) is 0 Å². The Balaban J connectivity index is 1.99. The molecular formula is C24H26Br4O3. The number of benzene rings is 2. The molecule has 2 fully saturated rings. The van der Waals surface area contributed by atoms with E-state index in [1.807, 2.05) is 36.4 Å². The van der Waals surface area contributed by atoms with E-state index in [4.69, 9.17) is 14.2 Å². The number of epoxide rings is 2. The molecule has 2 aromatic rings. The second-order valence-corrected chi connectivity index (χ2v) is 12.8. The van der Waals surface area contributed by atoms with E-state index in [0.29, 0.717) is 0 Å². The van der Waals surface area contributed by atoms with Crippen LogP contribution in [-0.4, -0.2) is 19.0 Å². The molecule has 4 rings (SSSR count). The molecule has 0 aliphatic carbocycles. The van der Waals surface area contributed by atoms with Crippen molar-refractivity contribution in [1.82, 2.24) is 0 Å². The average Bonchev–Trinajstić information content (AvgIpc) is 3.58. The van der Waals surface area contributed by atoms with Crippen molar-refractivity contribution >= 4 is 63.7 Å². The van der Waals surface area contributed by atoms with Gasteiger partial charge < -0.3 is 14.2 Å².